The van der Waals surface area contributed by atoms with Crippen LogP contribution in [0.2, 0.25) is 0 Å². The Bertz CT molecular complexity index is 157. The summed E-state index contributed by atoms with van der Waals surface area (Å²) in [5.74, 6) is 0. The fraction of sp³-hybridized carbons (Fsp3) is 1.00. The van der Waals surface area contributed by atoms with Crippen LogP contribution in [0.1, 0.15) is 67.2 Å². The van der Waals surface area contributed by atoms with Gasteiger partial charge in [-0.15, -0.1) is 0 Å². The van der Waals surface area contributed by atoms with E-state index < -0.39 is 0 Å². The number of thiol groups is 1. The maximum Gasteiger partial charge on any atom is 0.00396 e. The smallest absolute Gasteiger partial charge is 0.00396 e. The maximum absolute atomic E-state index is 4.55. The van der Waals surface area contributed by atoms with Crippen molar-refractivity contribution >= 4 is 12.6 Å². The van der Waals surface area contributed by atoms with Gasteiger partial charge in [0.15, 0.2) is 0 Å². The summed E-state index contributed by atoms with van der Waals surface area (Å²) >= 11 is 4.55. The van der Waals surface area contributed by atoms with Crippen LogP contribution in [0.4, 0.5) is 0 Å². The van der Waals surface area contributed by atoms with Gasteiger partial charge in [-0.3, -0.25) is 0 Å². The Morgan fingerprint density at radius 2 is 1.57 bits per heavy atom. The van der Waals surface area contributed by atoms with Gasteiger partial charge >= 0.3 is 0 Å². The maximum atomic E-state index is 4.55. The highest BCUT2D eigenvalue weighted by Gasteiger charge is 2.24. The van der Waals surface area contributed by atoms with Gasteiger partial charge in [0.05, 0.1) is 0 Å². The molecule has 0 heterocycles. The monoisotopic (exact) mass is 216 g/mol. The second-order valence-corrected chi connectivity index (χ2v) is 6.81. The second kappa shape index (κ2) is 5.44. The first-order valence-electron chi connectivity index (χ1n) is 5.89. The predicted octanol–water partition coefficient (Wildman–Crippen LogP) is 4.94. The van der Waals surface area contributed by atoms with Gasteiger partial charge < -0.3 is 0 Å². The molecule has 14 heavy (non-hydrogen) atoms. The molecule has 0 spiro atoms. The average Bonchev–Trinajstić information content (AvgIpc) is 2.03. The zero-order valence-corrected chi connectivity index (χ0v) is 11.7. The van der Waals surface area contributed by atoms with Gasteiger partial charge in [0.25, 0.3) is 0 Å². The molecule has 1 heteroatoms. The number of hydrogen-bond donors (Lipinski definition) is 1. The summed E-state index contributed by atoms with van der Waals surface area (Å²) < 4.78 is 0. The largest absolute Gasteiger partial charge is 0.176 e. The van der Waals surface area contributed by atoms with Gasteiger partial charge in [0.2, 0.25) is 0 Å². The van der Waals surface area contributed by atoms with Crippen molar-refractivity contribution in [2.75, 3.05) is 0 Å². The minimum absolute atomic E-state index is 0.382. The van der Waals surface area contributed by atoms with Gasteiger partial charge in [0, 0.05) is 5.25 Å². The van der Waals surface area contributed by atoms with Gasteiger partial charge in [0.1, 0.15) is 0 Å². The third-order valence-electron chi connectivity index (χ3n) is 3.76. The third kappa shape index (κ3) is 5.29. The van der Waals surface area contributed by atoms with Crippen LogP contribution < -0.4 is 0 Å². The average molecular weight is 216 g/mol. The molecule has 0 aliphatic heterocycles. The molecule has 0 saturated carbocycles. The summed E-state index contributed by atoms with van der Waals surface area (Å²) in [7, 11) is 0. The molecule has 0 nitrogen and oxygen atoms in total. The highest BCUT2D eigenvalue weighted by atomic mass is 32.1. The van der Waals surface area contributed by atoms with Crippen molar-refractivity contribution in [2.45, 2.75) is 72.5 Å². The van der Waals surface area contributed by atoms with Crippen LogP contribution in [-0.4, -0.2) is 5.25 Å². The molecule has 0 fully saturated rings. The van der Waals surface area contributed by atoms with Crippen LogP contribution in [0.5, 0.6) is 0 Å². The minimum atomic E-state index is 0.382. The summed E-state index contributed by atoms with van der Waals surface area (Å²) in [5.41, 5.74) is 0.906. The van der Waals surface area contributed by atoms with Gasteiger partial charge in [-0.25, -0.2) is 0 Å². The molecule has 0 amide bonds. The van der Waals surface area contributed by atoms with Crippen LogP contribution in [0.3, 0.4) is 0 Å². The summed E-state index contributed by atoms with van der Waals surface area (Å²) in [6, 6.07) is 0. The minimum Gasteiger partial charge on any atom is -0.176 e. The van der Waals surface area contributed by atoms with Gasteiger partial charge in [-0.1, -0.05) is 54.4 Å². The zero-order valence-electron chi connectivity index (χ0n) is 10.9. The van der Waals surface area contributed by atoms with Crippen molar-refractivity contribution in [2.24, 2.45) is 10.8 Å². The Kier molecular flexibility index (Phi) is 5.57. The highest BCUT2D eigenvalue weighted by Crippen LogP contribution is 2.34. The number of hydrogen-bond acceptors (Lipinski definition) is 1. The predicted molar refractivity (Wildman–Crippen MR) is 70.2 cm³/mol. The molecule has 0 radical (unpaired) electrons. The first-order chi connectivity index (χ1) is 6.21. The Morgan fingerprint density at radius 1 is 1.07 bits per heavy atom. The van der Waals surface area contributed by atoms with Crippen LogP contribution in [0.25, 0.3) is 0 Å². The topological polar surface area (TPSA) is 0 Å². The van der Waals surface area contributed by atoms with E-state index >= 15 is 0 Å². The summed E-state index contributed by atoms with van der Waals surface area (Å²) in [6.07, 6.45) is 5.25. The molecule has 0 N–H and O–H groups in total. The van der Waals surface area contributed by atoms with E-state index in [1.165, 1.54) is 25.7 Å². The van der Waals surface area contributed by atoms with Gasteiger partial charge in [-0.2, -0.15) is 12.6 Å². The summed E-state index contributed by atoms with van der Waals surface area (Å²) in [4.78, 5) is 0. The molecular weight excluding hydrogens is 188 g/mol. The molecule has 0 aliphatic rings. The zero-order chi connectivity index (χ0) is 11.4. The van der Waals surface area contributed by atoms with Gasteiger partial charge in [-0.05, 0) is 23.7 Å². The van der Waals surface area contributed by atoms with Crippen LogP contribution in [0, 0.1) is 10.8 Å². The lowest BCUT2D eigenvalue weighted by molar-refractivity contribution is 0.261. The molecule has 0 saturated heterocycles. The van der Waals surface area contributed by atoms with Crippen molar-refractivity contribution in [3.63, 3.8) is 0 Å². The van der Waals surface area contributed by atoms with Crippen molar-refractivity contribution in [3.05, 3.63) is 0 Å². The molecule has 0 bridgehead atoms. The summed E-state index contributed by atoms with van der Waals surface area (Å²) in [5, 5.41) is 0.493. The fourth-order valence-electron chi connectivity index (χ4n) is 1.41. The number of rotatable bonds is 6. The Morgan fingerprint density at radius 3 is 1.93 bits per heavy atom. The van der Waals surface area contributed by atoms with Crippen LogP contribution in [0.15, 0.2) is 0 Å². The van der Waals surface area contributed by atoms with E-state index in [4.69, 9.17) is 0 Å². The van der Waals surface area contributed by atoms with E-state index in [1.54, 1.807) is 0 Å². The Balaban J connectivity index is 3.85. The lowest BCUT2D eigenvalue weighted by Gasteiger charge is -2.30. The molecular formula is C13H28S. The molecule has 0 aromatic carbocycles. The lowest BCUT2D eigenvalue weighted by Crippen LogP contribution is -2.22. The van der Waals surface area contributed by atoms with Crippen molar-refractivity contribution < 1.29 is 0 Å². The third-order valence-corrected chi connectivity index (χ3v) is 4.46. The second-order valence-electron chi connectivity index (χ2n) is 6.04. The molecule has 1 unspecified atom stereocenters. The van der Waals surface area contributed by atoms with E-state index in [1.807, 2.05) is 0 Å². The van der Waals surface area contributed by atoms with E-state index in [0.29, 0.717) is 16.1 Å². The normalized spacial score (nSPS) is 15.6. The van der Waals surface area contributed by atoms with Crippen molar-refractivity contribution in [1.29, 1.82) is 0 Å². The standard InChI is InChI=1S/C13H28S/c1-7-12(3,4)9-8-10-13(5,6)11(2)14/h11,14H,7-10H2,1-6H3. The molecule has 1 atom stereocenters. The first-order valence-corrected chi connectivity index (χ1v) is 6.41. The van der Waals surface area contributed by atoms with E-state index in [-0.39, 0.29) is 0 Å². The highest BCUT2D eigenvalue weighted by molar-refractivity contribution is 7.81. The molecule has 0 aromatic rings. The lowest BCUT2D eigenvalue weighted by atomic mass is 9.79. The van der Waals surface area contributed by atoms with Crippen molar-refractivity contribution in [3.8, 4) is 0 Å². The van der Waals surface area contributed by atoms with E-state index in [0.717, 1.165) is 0 Å². The molecule has 0 aromatic heterocycles. The molecule has 0 aliphatic carbocycles. The van der Waals surface area contributed by atoms with Crippen LogP contribution >= 0.6 is 12.6 Å². The SMILES string of the molecule is CCC(C)(C)CCCC(C)(C)C(C)S. The van der Waals surface area contributed by atoms with E-state index in [9.17, 15) is 0 Å². The van der Waals surface area contributed by atoms with Crippen LogP contribution in [-0.2, 0) is 0 Å². The first kappa shape index (κ1) is 14.3. The quantitative estimate of drug-likeness (QED) is 0.598. The molecule has 0 rings (SSSR count). The van der Waals surface area contributed by atoms with Crippen molar-refractivity contribution in [1.82, 2.24) is 0 Å². The Labute approximate surface area is 96.3 Å². The Hall–Kier alpha value is 0.350. The summed E-state index contributed by atoms with van der Waals surface area (Å²) in [6.45, 7) is 13.9. The molecule has 86 valence electrons. The van der Waals surface area contributed by atoms with E-state index in [2.05, 4.69) is 54.2 Å². The fourth-order valence-corrected chi connectivity index (χ4v) is 1.54.